The van der Waals surface area contributed by atoms with Crippen molar-refractivity contribution >= 4 is 11.9 Å². The lowest BCUT2D eigenvalue weighted by atomic mass is 9.89. The summed E-state index contributed by atoms with van der Waals surface area (Å²) in [6.45, 7) is 8.05. The Balaban J connectivity index is 1.92. The number of guanidine groups is 1. The maximum Gasteiger partial charge on any atom is 0.416 e. The Morgan fingerprint density at radius 1 is 1.29 bits per heavy atom. The summed E-state index contributed by atoms with van der Waals surface area (Å²) in [6, 6.07) is 4.99. The molecule has 1 atom stereocenters. The molecular formula is C25H34F3N3O4. The molecule has 0 amide bonds. The van der Waals surface area contributed by atoms with Gasteiger partial charge in [-0.25, -0.2) is 10.3 Å². The highest BCUT2D eigenvalue weighted by Crippen LogP contribution is 2.31. The van der Waals surface area contributed by atoms with E-state index in [0.29, 0.717) is 36.8 Å². The molecule has 0 saturated carbocycles. The number of nitrogens with one attached hydrogen (secondary N) is 1. The second kappa shape index (κ2) is 12.1. The fraction of sp³-hybridized carbons (Fsp3) is 0.520. The number of alkyl halides is 3. The van der Waals surface area contributed by atoms with E-state index in [1.165, 1.54) is 25.5 Å². The van der Waals surface area contributed by atoms with Crippen LogP contribution in [0.25, 0.3) is 0 Å². The van der Waals surface area contributed by atoms with E-state index in [-0.39, 0.29) is 12.5 Å². The predicted octanol–water partition coefficient (Wildman–Crippen LogP) is 5.15. The Kier molecular flexibility index (Phi) is 9.76. The van der Waals surface area contributed by atoms with E-state index in [1.807, 2.05) is 31.0 Å². The lowest BCUT2D eigenvalue weighted by Crippen LogP contribution is -2.39. The van der Waals surface area contributed by atoms with Crippen molar-refractivity contribution in [1.29, 1.82) is 0 Å². The molecular weight excluding hydrogens is 463 g/mol. The van der Waals surface area contributed by atoms with Crippen LogP contribution in [0.2, 0.25) is 0 Å². The molecule has 1 aromatic rings. The number of carbonyl (C=O) groups is 1. The molecule has 0 aliphatic heterocycles. The molecule has 7 nitrogen and oxygen atoms in total. The monoisotopic (exact) mass is 497 g/mol. The number of carboxylic acid groups (broad SMARTS) is 1. The zero-order valence-electron chi connectivity index (χ0n) is 20.8. The Bertz CT molecular complexity index is 971. The number of ether oxygens (including phenoxy) is 1. The van der Waals surface area contributed by atoms with Crippen molar-refractivity contribution in [3.63, 3.8) is 0 Å². The molecule has 10 heteroatoms. The fourth-order valence-corrected chi connectivity index (χ4v) is 3.45. The Hall–Kier alpha value is -3.01. The summed E-state index contributed by atoms with van der Waals surface area (Å²) in [5.41, 5.74) is 2.33. The third kappa shape index (κ3) is 8.61. The van der Waals surface area contributed by atoms with Gasteiger partial charge in [-0.05, 0) is 56.9 Å². The number of benzene rings is 1. The van der Waals surface area contributed by atoms with Gasteiger partial charge in [0.25, 0.3) is 0 Å². The molecule has 0 bridgehead atoms. The zero-order valence-corrected chi connectivity index (χ0v) is 20.8. The number of aliphatic carboxylic acids is 1. The van der Waals surface area contributed by atoms with Crippen molar-refractivity contribution in [3.05, 3.63) is 58.9 Å². The molecule has 1 unspecified atom stereocenters. The van der Waals surface area contributed by atoms with Crippen molar-refractivity contribution in [2.24, 2.45) is 10.9 Å². The molecule has 0 saturated heterocycles. The normalized spacial score (nSPS) is 16.9. The van der Waals surface area contributed by atoms with Crippen molar-refractivity contribution in [2.75, 3.05) is 20.1 Å². The molecule has 0 aromatic heterocycles. The Morgan fingerprint density at radius 2 is 2.00 bits per heavy atom. The summed E-state index contributed by atoms with van der Waals surface area (Å²) < 4.78 is 44.3. The van der Waals surface area contributed by atoms with E-state index in [2.05, 4.69) is 17.4 Å². The largest absolute Gasteiger partial charge is 0.480 e. The van der Waals surface area contributed by atoms with Gasteiger partial charge in [0.05, 0.1) is 17.9 Å². The summed E-state index contributed by atoms with van der Waals surface area (Å²) >= 11 is 0. The van der Waals surface area contributed by atoms with Gasteiger partial charge in [-0.1, -0.05) is 30.7 Å². The SMILES string of the molecule is CCN=C(NOCc1cccc(C(F)(F)F)c1)N(C)CCC1=CC=C(OC(C)(C)C(=O)O)CC1C. The lowest BCUT2D eigenvalue weighted by molar-refractivity contribution is -0.157. The average Bonchev–Trinajstić information content (AvgIpc) is 2.77. The maximum atomic E-state index is 12.9. The van der Waals surface area contributed by atoms with Gasteiger partial charge in [-0.15, -0.1) is 0 Å². The first kappa shape index (κ1) is 28.2. The highest BCUT2D eigenvalue weighted by Gasteiger charge is 2.32. The van der Waals surface area contributed by atoms with Crippen LogP contribution in [0.1, 0.15) is 51.7 Å². The quantitative estimate of drug-likeness (QED) is 0.264. The molecule has 0 fully saturated rings. The Morgan fingerprint density at radius 3 is 2.60 bits per heavy atom. The van der Waals surface area contributed by atoms with Crippen LogP contribution in [0.15, 0.2) is 52.7 Å². The number of halogens is 3. The molecule has 0 heterocycles. The fourth-order valence-electron chi connectivity index (χ4n) is 3.45. The summed E-state index contributed by atoms with van der Waals surface area (Å²) in [5, 5.41) is 9.26. The van der Waals surface area contributed by atoms with Crippen LogP contribution in [0.4, 0.5) is 13.2 Å². The van der Waals surface area contributed by atoms with Gasteiger partial charge in [0.2, 0.25) is 5.96 Å². The van der Waals surface area contributed by atoms with E-state index in [1.54, 1.807) is 6.07 Å². The first-order chi connectivity index (χ1) is 16.3. The summed E-state index contributed by atoms with van der Waals surface area (Å²) in [6.07, 6.45) is 0.723. The molecule has 35 heavy (non-hydrogen) atoms. The molecule has 1 aliphatic carbocycles. The maximum absolute atomic E-state index is 12.9. The summed E-state index contributed by atoms with van der Waals surface area (Å²) in [5.74, 6) is 0.281. The van der Waals surface area contributed by atoms with Gasteiger partial charge in [0.1, 0.15) is 0 Å². The van der Waals surface area contributed by atoms with E-state index >= 15 is 0 Å². The van der Waals surface area contributed by atoms with E-state index < -0.39 is 23.3 Å². The molecule has 2 N–H and O–H groups in total. The number of hydrogen-bond acceptors (Lipinski definition) is 4. The second-order valence-electron chi connectivity index (χ2n) is 8.96. The summed E-state index contributed by atoms with van der Waals surface area (Å²) in [4.78, 5) is 23.0. The number of rotatable bonds is 10. The number of nitrogens with zero attached hydrogens (tertiary/aromatic N) is 2. The predicted molar refractivity (Wildman–Crippen MR) is 127 cm³/mol. The highest BCUT2D eigenvalue weighted by molar-refractivity contribution is 5.78. The number of aliphatic imine (C=N–C) groups is 1. The second-order valence-corrected chi connectivity index (χ2v) is 8.96. The van der Waals surface area contributed by atoms with Crippen LogP contribution in [-0.2, 0) is 27.2 Å². The Labute approximate surface area is 204 Å². The van der Waals surface area contributed by atoms with Gasteiger partial charge in [0, 0.05) is 26.6 Å². The molecule has 194 valence electrons. The highest BCUT2D eigenvalue weighted by atomic mass is 19.4. The first-order valence-corrected chi connectivity index (χ1v) is 11.4. The lowest BCUT2D eigenvalue weighted by Gasteiger charge is -2.29. The average molecular weight is 498 g/mol. The molecule has 0 radical (unpaired) electrons. The number of carboxylic acids is 1. The van der Waals surface area contributed by atoms with E-state index in [4.69, 9.17) is 9.57 Å². The van der Waals surface area contributed by atoms with Crippen LogP contribution in [0, 0.1) is 5.92 Å². The molecule has 2 rings (SSSR count). The van der Waals surface area contributed by atoms with Crippen molar-refractivity contribution in [1.82, 2.24) is 10.4 Å². The van der Waals surface area contributed by atoms with Crippen molar-refractivity contribution in [2.45, 2.75) is 58.9 Å². The number of hydroxylamine groups is 1. The van der Waals surface area contributed by atoms with Crippen molar-refractivity contribution in [3.8, 4) is 0 Å². The van der Waals surface area contributed by atoms with Crippen LogP contribution in [0.3, 0.4) is 0 Å². The van der Waals surface area contributed by atoms with Gasteiger partial charge < -0.3 is 14.7 Å². The topological polar surface area (TPSA) is 83.4 Å². The van der Waals surface area contributed by atoms with Gasteiger partial charge >= 0.3 is 12.1 Å². The van der Waals surface area contributed by atoms with Gasteiger partial charge in [0.15, 0.2) is 5.60 Å². The van der Waals surface area contributed by atoms with Crippen LogP contribution >= 0.6 is 0 Å². The minimum absolute atomic E-state index is 0.0526. The minimum Gasteiger partial charge on any atom is -0.480 e. The van der Waals surface area contributed by atoms with E-state index in [9.17, 15) is 23.1 Å². The van der Waals surface area contributed by atoms with Gasteiger partial charge in [-0.3, -0.25) is 9.83 Å². The third-order valence-corrected chi connectivity index (χ3v) is 5.59. The minimum atomic E-state index is -4.40. The number of hydrogen-bond donors (Lipinski definition) is 2. The van der Waals surface area contributed by atoms with Crippen LogP contribution in [0.5, 0.6) is 0 Å². The van der Waals surface area contributed by atoms with Crippen molar-refractivity contribution < 1.29 is 32.6 Å². The summed E-state index contributed by atoms with van der Waals surface area (Å²) in [7, 11) is 1.85. The zero-order chi connectivity index (χ0) is 26.2. The van der Waals surface area contributed by atoms with Crippen LogP contribution < -0.4 is 5.48 Å². The standard InChI is InChI=1S/C25H34F3N3O4/c1-6-29-23(30-34-16-18-8-7-9-20(15-18)25(26,27)28)31(5)13-12-19-10-11-21(14-17(19)2)35-24(3,4)22(32)33/h7-11,15,17H,6,12-14,16H2,1-5H3,(H,29,30)(H,32,33). The number of allylic oxidation sites excluding steroid dienone is 3. The molecule has 1 aromatic carbocycles. The first-order valence-electron chi connectivity index (χ1n) is 11.4. The smallest absolute Gasteiger partial charge is 0.416 e. The molecule has 1 aliphatic rings. The van der Waals surface area contributed by atoms with Gasteiger partial charge in [-0.2, -0.15) is 13.2 Å². The molecule has 0 spiro atoms. The van der Waals surface area contributed by atoms with E-state index in [0.717, 1.165) is 18.6 Å². The van der Waals surface area contributed by atoms with Crippen LogP contribution in [-0.4, -0.2) is 47.7 Å². The third-order valence-electron chi connectivity index (χ3n) is 5.59.